The SMILES string of the molecule is C/C=C\C(=C/CC)C(=O)NNC. The first-order valence-electron chi connectivity index (χ1n) is 4.06. The molecule has 0 fully saturated rings. The van der Waals surface area contributed by atoms with Gasteiger partial charge in [-0.2, -0.15) is 0 Å². The molecule has 2 N–H and O–H groups in total. The highest BCUT2D eigenvalue weighted by Gasteiger charge is 2.02. The molecule has 0 aromatic heterocycles. The molecule has 0 aliphatic heterocycles. The van der Waals surface area contributed by atoms with Crippen LogP contribution in [0.5, 0.6) is 0 Å². The number of hydrogen-bond acceptors (Lipinski definition) is 2. The van der Waals surface area contributed by atoms with E-state index in [0.29, 0.717) is 5.57 Å². The summed E-state index contributed by atoms with van der Waals surface area (Å²) >= 11 is 0. The van der Waals surface area contributed by atoms with Gasteiger partial charge in [0.05, 0.1) is 0 Å². The van der Waals surface area contributed by atoms with Crippen LogP contribution in [0.1, 0.15) is 20.3 Å². The zero-order chi connectivity index (χ0) is 9.40. The molecule has 1 amide bonds. The third kappa shape index (κ3) is 3.93. The zero-order valence-corrected chi connectivity index (χ0v) is 7.85. The Morgan fingerprint density at radius 1 is 1.50 bits per heavy atom. The van der Waals surface area contributed by atoms with E-state index < -0.39 is 0 Å². The zero-order valence-electron chi connectivity index (χ0n) is 7.85. The predicted octanol–water partition coefficient (Wildman–Crippen LogP) is 1.15. The largest absolute Gasteiger partial charge is 0.288 e. The maximum atomic E-state index is 11.2. The molecule has 0 radical (unpaired) electrons. The van der Waals surface area contributed by atoms with E-state index in [4.69, 9.17) is 0 Å². The fourth-order valence-electron chi connectivity index (χ4n) is 0.822. The highest BCUT2D eigenvalue weighted by molar-refractivity contribution is 5.95. The lowest BCUT2D eigenvalue weighted by molar-refractivity contribution is -0.118. The van der Waals surface area contributed by atoms with Crippen molar-refractivity contribution in [2.75, 3.05) is 7.05 Å². The quantitative estimate of drug-likeness (QED) is 0.375. The summed E-state index contributed by atoms with van der Waals surface area (Å²) in [6.45, 7) is 3.88. The average molecular weight is 168 g/mol. The van der Waals surface area contributed by atoms with Crippen LogP contribution in [-0.2, 0) is 4.79 Å². The normalized spacial score (nSPS) is 12.1. The van der Waals surface area contributed by atoms with Crippen LogP contribution >= 0.6 is 0 Å². The van der Waals surface area contributed by atoms with Gasteiger partial charge in [0.25, 0.3) is 5.91 Å². The smallest absolute Gasteiger partial charge is 0.265 e. The molecule has 0 rings (SSSR count). The van der Waals surface area contributed by atoms with Gasteiger partial charge in [0.2, 0.25) is 0 Å². The Bertz CT molecular complexity index is 195. The van der Waals surface area contributed by atoms with Crippen molar-refractivity contribution in [3.8, 4) is 0 Å². The molecule has 12 heavy (non-hydrogen) atoms. The van der Waals surface area contributed by atoms with Gasteiger partial charge in [0.1, 0.15) is 0 Å². The lowest BCUT2D eigenvalue weighted by atomic mass is 10.2. The van der Waals surface area contributed by atoms with Crippen molar-refractivity contribution in [3.63, 3.8) is 0 Å². The second-order valence-electron chi connectivity index (χ2n) is 2.27. The second kappa shape index (κ2) is 6.61. The summed E-state index contributed by atoms with van der Waals surface area (Å²) in [5.41, 5.74) is 5.79. The monoisotopic (exact) mass is 168 g/mol. The van der Waals surface area contributed by atoms with Gasteiger partial charge >= 0.3 is 0 Å². The molecule has 0 saturated heterocycles. The molecule has 0 spiro atoms. The summed E-state index contributed by atoms with van der Waals surface area (Å²) in [4.78, 5) is 11.2. The molecule has 0 bridgehead atoms. The Morgan fingerprint density at radius 2 is 2.17 bits per heavy atom. The first-order valence-corrected chi connectivity index (χ1v) is 4.06. The first kappa shape index (κ1) is 10.9. The molecule has 0 aliphatic carbocycles. The van der Waals surface area contributed by atoms with Crippen LogP contribution < -0.4 is 10.9 Å². The average Bonchev–Trinajstić information content (AvgIpc) is 2.04. The number of amides is 1. The van der Waals surface area contributed by atoms with Gasteiger partial charge in [0.15, 0.2) is 0 Å². The minimum atomic E-state index is -0.0996. The topological polar surface area (TPSA) is 41.1 Å². The number of allylic oxidation sites excluding steroid dienone is 2. The maximum Gasteiger partial charge on any atom is 0.265 e. The van der Waals surface area contributed by atoms with Crippen molar-refractivity contribution < 1.29 is 4.79 Å². The van der Waals surface area contributed by atoms with E-state index in [1.54, 1.807) is 13.1 Å². The van der Waals surface area contributed by atoms with Crippen molar-refractivity contribution in [1.82, 2.24) is 10.9 Å². The van der Waals surface area contributed by atoms with Crippen LogP contribution in [0.25, 0.3) is 0 Å². The number of hydrogen-bond donors (Lipinski definition) is 2. The Balaban J connectivity index is 4.30. The van der Waals surface area contributed by atoms with E-state index in [0.717, 1.165) is 6.42 Å². The Kier molecular flexibility index (Phi) is 6.01. The molecule has 0 aromatic rings. The molecule has 0 aliphatic rings. The Morgan fingerprint density at radius 3 is 2.58 bits per heavy atom. The lowest BCUT2D eigenvalue weighted by Gasteiger charge is -2.02. The van der Waals surface area contributed by atoms with Gasteiger partial charge in [0, 0.05) is 12.6 Å². The second-order valence-corrected chi connectivity index (χ2v) is 2.27. The van der Waals surface area contributed by atoms with E-state index in [-0.39, 0.29) is 5.91 Å². The van der Waals surface area contributed by atoms with E-state index in [1.165, 1.54) is 0 Å². The van der Waals surface area contributed by atoms with Crippen molar-refractivity contribution in [2.24, 2.45) is 0 Å². The minimum absolute atomic E-state index is 0.0996. The van der Waals surface area contributed by atoms with Crippen LogP contribution in [0, 0.1) is 0 Å². The van der Waals surface area contributed by atoms with Crippen LogP contribution in [0.3, 0.4) is 0 Å². The number of rotatable bonds is 4. The van der Waals surface area contributed by atoms with Gasteiger partial charge in [-0.25, -0.2) is 5.43 Å². The van der Waals surface area contributed by atoms with Crippen molar-refractivity contribution in [2.45, 2.75) is 20.3 Å². The maximum absolute atomic E-state index is 11.2. The fraction of sp³-hybridized carbons (Fsp3) is 0.444. The van der Waals surface area contributed by atoms with E-state index in [1.807, 2.05) is 26.0 Å². The standard InChI is InChI=1S/C9H16N2O/c1-4-6-8(7-5-2)9(12)11-10-3/h4,6-7,10H,5H2,1-3H3,(H,11,12)/b6-4-,8-7+. The Hall–Kier alpha value is -1.09. The molecule has 3 heteroatoms. The molecular formula is C9H16N2O. The Labute approximate surface area is 73.5 Å². The van der Waals surface area contributed by atoms with Gasteiger partial charge in [-0.05, 0) is 13.3 Å². The first-order chi connectivity index (χ1) is 5.76. The highest BCUT2D eigenvalue weighted by atomic mass is 16.2. The third-order valence-corrected chi connectivity index (χ3v) is 1.27. The van der Waals surface area contributed by atoms with Gasteiger partial charge in [-0.15, -0.1) is 0 Å². The molecule has 0 heterocycles. The van der Waals surface area contributed by atoms with Crippen molar-refractivity contribution in [1.29, 1.82) is 0 Å². The van der Waals surface area contributed by atoms with Crippen LogP contribution in [0.4, 0.5) is 0 Å². The van der Waals surface area contributed by atoms with Crippen LogP contribution in [0.2, 0.25) is 0 Å². The van der Waals surface area contributed by atoms with Gasteiger partial charge < -0.3 is 0 Å². The highest BCUT2D eigenvalue weighted by Crippen LogP contribution is 1.98. The van der Waals surface area contributed by atoms with Gasteiger partial charge in [-0.3, -0.25) is 10.2 Å². The molecular weight excluding hydrogens is 152 g/mol. The molecule has 0 saturated carbocycles. The number of carbonyl (C=O) groups excluding carboxylic acids is 1. The van der Waals surface area contributed by atoms with Crippen LogP contribution in [-0.4, -0.2) is 13.0 Å². The number of nitrogens with one attached hydrogen (secondary N) is 2. The van der Waals surface area contributed by atoms with E-state index >= 15 is 0 Å². The molecule has 0 aromatic carbocycles. The molecule has 0 atom stereocenters. The van der Waals surface area contributed by atoms with Crippen molar-refractivity contribution in [3.05, 3.63) is 23.8 Å². The van der Waals surface area contributed by atoms with Crippen LogP contribution in [0.15, 0.2) is 23.8 Å². The summed E-state index contributed by atoms with van der Waals surface area (Å²) in [5, 5.41) is 0. The number of carbonyl (C=O) groups is 1. The molecule has 0 unspecified atom stereocenters. The summed E-state index contributed by atoms with van der Waals surface area (Å²) in [5.74, 6) is -0.0996. The number of hydrazine groups is 1. The lowest BCUT2D eigenvalue weighted by Crippen LogP contribution is -2.34. The summed E-state index contributed by atoms with van der Waals surface area (Å²) in [7, 11) is 1.66. The summed E-state index contributed by atoms with van der Waals surface area (Å²) in [6, 6.07) is 0. The van der Waals surface area contributed by atoms with E-state index in [2.05, 4.69) is 10.9 Å². The van der Waals surface area contributed by atoms with Gasteiger partial charge in [-0.1, -0.05) is 25.2 Å². The molecule has 3 nitrogen and oxygen atoms in total. The molecule has 68 valence electrons. The van der Waals surface area contributed by atoms with E-state index in [9.17, 15) is 4.79 Å². The van der Waals surface area contributed by atoms with Crippen molar-refractivity contribution >= 4 is 5.91 Å². The third-order valence-electron chi connectivity index (χ3n) is 1.27. The summed E-state index contributed by atoms with van der Waals surface area (Å²) in [6.07, 6.45) is 6.37. The predicted molar refractivity (Wildman–Crippen MR) is 50.4 cm³/mol. The summed E-state index contributed by atoms with van der Waals surface area (Å²) < 4.78 is 0. The fourth-order valence-corrected chi connectivity index (χ4v) is 0.822. The minimum Gasteiger partial charge on any atom is -0.288 e.